The van der Waals surface area contributed by atoms with E-state index in [1.165, 1.54) is 18.4 Å². The van der Waals surface area contributed by atoms with Gasteiger partial charge in [0.25, 0.3) is 0 Å². The fourth-order valence-corrected chi connectivity index (χ4v) is 1.67. The molecule has 1 fully saturated rings. The van der Waals surface area contributed by atoms with Crippen molar-refractivity contribution in [3.63, 3.8) is 0 Å². The Morgan fingerprint density at radius 1 is 1.29 bits per heavy atom. The Balaban J connectivity index is 1.70. The molecule has 0 aliphatic heterocycles. The molecule has 1 N–H and O–H groups in total. The molecule has 0 bridgehead atoms. The molecule has 0 radical (unpaired) electrons. The van der Waals surface area contributed by atoms with Crippen LogP contribution in [0.15, 0.2) is 36.9 Å². The molecule has 0 unspecified atom stereocenters. The number of unbranched alkanes of at least 4 members (excludes halogenated alkanes) is 1. The van der Waals surface area contributed by atoms with E-state index >= 15 is 0 Å². The summed E-state index contributed by atoms with van der Waals surface area (Å²) in [6.07, 6.45) is 6.66. The molecular weight excluding hydrogens is 210 g/mol. The normalized spacial score (nSPS) is 14.6. The van der Waals surface area contributed by atoms with Crippen LogP contribution in [0, 0.1) is 0 Å². The minimum absolute atomic E-state index is 0.768. The summed E-state index contributed by atoms with van der Waals surface area (Å²) in [6, 6.07) is 9.15. The van der Waals surface area contributed by atoms with Crippen LogP contribution >= 0.6 is 0 Å². The molecule has 0 saturated heterocycles. The third kappa shape index (κ3) is 4.61. The van der Waals surface area contributed by atoms with Crippen molar-refractivity contribution in [2.24, 2.45) is 0 Å². The largest absolute Gasteiger partial charge is 0.494 e. The second-order valence-corrected chi connectivity index (χ2v) is 4.58. The van der Waals surface area contributed by atoms with E-state index in [2.05, 4.69) is 36.2 Å². The van der Waals surface area contributed by atoms with Crippen molar-refractivity contribution in [2.75, 3.05) is 6.61 Å². The quantitative estimate of drug-likeness (QED) is 0.547. The highest BCUT2D eigenvalue weighted by molar-refractivity contribution is 5.27. The molecule has 2 heteroatoms. The summed E-state index contributed by atoms with van der Waals surface area (Å²) in [5.74, 6) is 0.962. The van der Waals surface area contributed by atoms with E-state index in [1.807, 2.05) is 6.08 Å². The molecule has 2 nitrogen and oxygen atoms in total. The van der Waals surface area contributed by atoms with Crippen LogP contribution in [-0.4, -0.2) is 12.6 Å². The summed E-state index contributed by atoms with van der Waals surface area (Å²) in [7, 11) is 0. The average molecular weight is 231 g/mol. The van der Waals surface area contributed by atoms with Crippen molar-refractivity contribution in [3.05, 3.63) is 42.5 Å². The number of nitrogens with one attached hydrogen (secondary N) is 1. The third-order valence-electron chi connectivity index (χ3n) is 2.92. The second kappa shape index (κ2) is 6.45. The van der Waals surface area contributed by atoms with Crippen LogP contribution in [0.25, 0.3) is 0 Å². The Hall–Kier alpha value is -1.28. The van der Waals surface area contributed by atoms with Gasteiger partial charge in [0.1, 0.15) is 5.75 Å². The lowest BCUT2D eigenvalue weighted by atomic mass is 10.2. The van der Waals surface area contributed by atoms with Gasteiger partial charge < -0.3 is 10.1 Å². The molecule has 17 heavy (non-hydrogen) atoms. The molecule has 0 atom stereocenters. The molecule has 1 aliphatic rings. The van der Waals surface area contributed by atoms with Crippen LogP contribution < -0.4 is 10.1 Å². The van der Waals surface area contributed by atoms with Gasteiger partial charge in [-0.3, -0.25) is 0 Å². The predicted octanol–water partition coefficient (Wildman–Crippen LogP) is 3.28. The van der Waals surface area contributed by atoms with E-state index in [4.69, 9.17) is 4.74 Å². The van der Waals surface area contributed by atoms with Crippen LogP contribution in [-0.2, 0) is 6.54 Å². The van der Waals surface area contributed by atoms with Crippen molar-refractivity contribution in [1.82, 2.24) is 5.32 Å². The van der Waals surface area contributed by atoms with Gasteiger partial charge >= 0.3 is 0 Å². The lowest BCUT2D eigenvalue weighted by Gasteiger charge is -2.07. The van der Waals surface area contributed by atoms with Crippen molar-refractivity contribution in [1.29, 1.82) is 0 Å². The summed E-state index contributed by atoms with van der Waals surface area (Å²) >= 11 is 0. The number of hydrogen-bond acceptors (Lipinski definition) is 2. The summed E-state index contributed by atoms with van der Waals surface area (Å²) < 4.78 is 5.63. The molecule has 0 amide bonds. The zero-order valence-electron chi connectivity index (χ0n) is 10.3. The van der Waals surface area contributed by atoms with Gasteiger partial charge in [-0.25, -0.2) is 0 Å². The molecule has 2 rings (SSSR count). The molecular formula is C15H21NO. The van der Waals surface area contributed by atoms with Crippen molar-refractivity contribution in [2.45, 2.75) is 38.3 Å². The number of allylic oxidation sites excluding steroid dienone is 1. The maximum atomic E-state index is 5.63. The minimum atomic E-state index is 0.768. The maximum absolute atomic E-state index is 5.63. The number of ether oxygens (including phenoxy) is 1. The van der Waals surface area contributed by atoms with Gasteiger partial charge in [0.15, 0.2) is 0 Å². The smallest absolute Gasteiger partial charge is 0.119 e. The highest BCUT2D eigenvalue weighted by Gasteiger charge is 2.19. The van der Waals surface area contributed by atoms with Gasteiger partial charge in [0, 0.05) is 12.6 Å². The lowest BCUT2D eigenvalue weighted by molar-refractivity contribution is 0.312. The Kier molecular flexibility index (Phi) is 4.63. The standard InChI is InChI=1S/C15H21NO/c1-2-3-4-11-17-15-9-5-13(6-10-15)12-16-14-7-8-14/h2,5-6,9-10,14,16H,1,3-4,7-8,11-12H2. The van der Waals surface area contributed by atoms with E-state index in [9.17, 15) is 0 Å². The first-order valence-corrected chi connectivity index (χ1v) is 6.44. The zero-order chi connectivity index (χ0) is 11.9. The van der Waals surface area contributed by atoms with Gasteiger partial charge in [-0.15, -0.1) is 6.58 Å². The SMILES string of the molecule is C=CCCCOc1ccc(CNC2CC2)cc1. The average Bonchev–Trinajstić information content (AvgIpc) is 3.18. The third-order valence-corrected chi connectivity index (χ3v) is 2.92. The highest BCUT2D eigenvalue weighted by Crippen LogP contribution is 2.20. The van der Waals surface area contributed by atoms with Crippen LogP contribution in [0.4, 0.5) is 0 Å². The monoisotopic (exact) mass is 231 g/mol. The van der Waals surface area contributed by atoms with E-state index in [0.717, 1.165) is 37.8 Å². The van der Waals surface area contributed by atoms with Crippen LogP contribution in [0.1, 0.15) is 31.2 Å². The summed E-state index contributed by atoms with van der Waals surface area (Å²) in [5.41, 5.74) is 1.33. The van der Waals surface area contributed by atoms with Crippen molar-refractivity contribution < 1.29 is 4.74 Å². The fourth-order valence-electron chi connectivity index (χ4n) is 1.67. The van der Waals surface area contributed by atoms with Crippen LogP contribution in [0.3, 0.4) is 0 Å². The molecule has 1 saturated carbocycles. The van der Waals surface area contributed by atoms with Crippen LogP contribution in [0.2, 0.25) is 0 Å². The first-order valence-electron chi connectivity index (χ1n) is 6.44. The topological polar surface area (TPSA) is 21.3 Å². The summed E-state index contributed by atoms with van der Waals surface area (Å²) in [6.45, 7) is 5.44. The Labute approximate surface area is 104 Å². The lowest BCUT2D eigenvalue weighted by Crippen LogP contribution is -2.15. The Morgan fingerprint density at radius 2 is 2.06 bits per heavy atom. The molecule has 0 aromatic heterocycles. The minimum Gasteiger partial charge on any atom is -0.494 e. The molecule has 1 aromatic rings. The van der Waals surface area contributed by atoms with Crippen LogP contribution in [0.5, 0.6) is 5.75 Å². The van der Waals surface area contributed by atoms with E-state index in [1.54, 1.807) is 0 Å². The number of hydrogen-bond donors (Lipinski definition) is 1. The van der Waals surface area contributed by atoms with Gasteiger partial charge in [-0.05, 0) is 43.4 Å². The molecule has 92 valence electrons. The second-order valence-electron chi connectivity index (χ2n) is 4.58. The zero-order valence-corrected chi connectivity index (χ0v) is 10.3. The number of rotatable bonds is 8. The highest BCUT2D eigenvalue weighted by atomic mass is 16.5. The predicted molar refractivity (Wildman–Crippen MR) is 71.2 cm³/mol. The molecule has 0 spiro atoms. The van der Waals surface area contributed by atoms with Gasteiger partial charge in [0.2, 0.25) is 0 Å². The molecule has 1 aliphatic carbocycles. The summed E-state index contributed by atoms with van der Waals surface area (Å²) in [5, 5.41) is 3.50. The summed E-state index contributed by atoms with van der Waals surface area (Å²) in [4.78, 5) is 0. The maximum Gasteiger partial charge on any atom is 0.119 e. The number of benzene rings is 1. The van der Waals surface area contributed by atoms with E-state index in [-0.39, 0.29) is 0 Å². The van der Waals surface area contributed by atoms with Crippen molar-refractivity contribution in [3.8, 4) is 5.75 Å². The fraction of sp³-hybridized carbons (Fsp3) is 0.467. The van der Waals surface area contributed by atoms with Crippen molar-refractivity contribution >= 4 is 0 Å². The Morgan fingerprint density at radius 3 is 2.71 bits per heavy atom. The van der Waals surface area contributed by atoms with Gasteiger partial charge in [-0.2, -0.15) is 0 Å². The molecule has 1 aromatic carbocycles. The van der Waals surface area contributed by atoms with E-state index in [0.29, 0.717) is 0 Å². The Bertz CT molecular complexity index is 340. The van der Waals surface area contributed by atoms with Gasteiger partial charge in [0.05, 0.1) is 6.61 Å². The first-order chi connectivity index (χ1) is 8.38. The van der Waals surface area contributed by atoms with Gasteiger partial charge in [-0.1, -0.05) is 18.2 Å². The first kappa shape index (κ1) is 12.2. The van der Waals surface area contributed by atoms with E-state index < -0.39 is 0 Å². The molecule has 0 heterocycles.